The molecule has 0 atom stereocenters. The van der Waals surface area contributed by atoms with Crippen molar-refractivity contribution in [3.05, 3.63) is 52.2 Å². The van der Waals surface area contributed by atoms with Gasteiger partial charge in [0.1, 0.15) is 18.2 Å². The van der Waals surface area contributed by atoms with Crippen molar-refractivity contribution in [2.45, 2.75) is 38.6 Å². The SMILES string of the molecule is O=C1CCCCCCN1CC(=O)N(Cc1cccs1)c1ccc(F)cc1F. The maximum absolute atomic E-state index is 14.4. The van der Waals surface area contributed by atoms with Crippen LogP contribution in [0.2, 0.25) is 0 Å². The van der Waals surface area contributed by atoms with E-state index < -0.39 is 11.6 Å². The number of likely N-dealkylation sites (tertiary alicyclic amines) is 1. The summed E-state index contributed by atoms with van der Waals surface area (Å²) in [5, 5.41) is 1.88. The van der Waals surface area contributed by atoms with Crippen LogP contribution < -0.4 is 4.90 Å². The van der Waals surface area contributed by atoms with Gasteiger partial charge in [-0.25, -0.2) is 8.78 Å². The second kappa shape index (κ2) is 9.08. The Balaban J connectivity index is 1.82. The Morgan fingerprint density at radius 1 is 1.15 bits per heavy atom. The van der Waals surface area contributed by atoms with Crippen LogP contribution in [0.15, 0.2) is 35.7 Å². The lowest BCUT2D eigenvalue weighted by Gasteiger charge is -2.29. The van der Waals surface area contributed by atoms with Crippen molar-refractivity contribution in [3.63, 3.8) is 0 Å². The molecule has 1 fully saturated rings. The van der Waals surface area contributed by atoms with Crippen molar-refractivity contribution in [2.24, 2.45) is 0 Å². The summed E-state index contributed by atoms with van der Waals surface area (Å²) < 4.78 is 27.7. The van der Waals surface area contributed by atoms with Crippen LogP contribution in [0.5, 0.6) is 0 Å². The minimum absolute atomic E-state index is 0.0225. The van der Waals surface area contributed by atoms with Crippen molar-refractivity contribution < 1.29 is 18.4 Å². The summed E-state index contributed by atoms with van der Waals surface area (Å²) in [4.78, 5) is 29.1. The molecule has 7 heteroatoms. The molecule has 2 aromatic rings. The molecule has 2 amide bonds. The number of halogens is 2. The Morgan fingerprint density at radius 2 is 1.96 bits per heavy atom. The zero-order chi connectivity index (χ0) is 19.2. The van der Waals surface area contributed by atoms with E-state index in [2.05, 4.69) is 0 Å². The number of amides is 2. The number of carbonyl (C=O) groups is 2. The molecule has 0 aliphatic carbocycles. The highest BCUT2D eigenvalue weighted by Gasteiger charge is 2.25. The Labute approximate surface area is 161 Å². The van der Waals surface area contributed by atoms with Crippen molar-refractivity contribution >= 4 is 28.8 Å². The quantitative estimate of drug-likeness (QED) is 0.759. The molecule has 0 radical (unpaired) electrons. The smallest absolute Gasteiger partial charge is 0.247 e. The molecule has 0 unspecified atom stereocenters. The number of anilines is 1. The molecular weight excluding hydrogens is 370 g/mol. The third-order valence-corrected chi connectivity index (χ3v) is 5.50. The molecule has 2 heterocycles. The molecule has 27 heavy (non-hydrogen) atoms. The Bertz CT molecular complexity index is 795. The molecule has 1 saturated heterocycles. The second-order valence-electron chi connectivity index (χ2n) is 6.63. The first-order valence-corrected chi connectivity index (χ1v) is 9.98. The van der Waals surface area contributed by atoms with E-state index >= 15 is 0 Å². The molecule has 144 valence electrons. The van der Waals surface area contributed by atoms with Crippen LogP contribution in [-0.2, 0) is 16.1 Å². The number of nitrogens with zero attached hydrogens (tertiary/aromatic N) is 2. The number of thiophene rings is 1. The number of benzene rings is 1. The van der Waals surface area contributed by atoms with E-state index in [4.69, 9.17) is 0 Å². The van der Waals surface area contributed by atoms with Crippen molar-refractivity contribution in [3.8, 4) is 0 Å². The third-order valence-electron chi connectivity index (χ3n) is 4.64. The molecule has 1 aromatic carbocycles. The molecule has 1 aliphatic heterocycles. The van der Waals surface area contributed by atoms with Gasteiger partial charge in [-0.2, -0.15) is 0 Å². The van der Waals surface area contributed by atoms with Crippen LogP contribution in [0.4, 0.5) is 14.5 Å². The number of hydrogen-bond donors (Lipinski definition) is 0. The lowest BCUT2D eigenvalue weighted by atomic mass is 10.1. The van der Waals surface area contributed by atoms with E-state index in [-0.39, 0.29) is 30.6 Å². The van der Waals surface area contributed by atoms with Crippen LogP contribution in [0.1, 0.15) is 37.0 Å². The van der Waals surface area contributed by atoms with Gasteiger partial charge in [-0.05, 0) is 36.4 Å². The van der Waals surface area contributed by atoms with E-state index in [0.717, 1.165) is 42.7 Å². The molecule has 1 aromatic heterocycles. The molecule has 0 spiro atoms. The molecule has 4 nitrogen and oxygen atoms in total. The van der Waals surface area contributed by atoms with Gasteiger partial charge in [-0.15, -0.1) is 11.3 Å². The first-order valence-electron chi connectivity index (χ1n) is 9.10. The number of hydrogen-bond acceptors (Lipinski definition) is 3. The van der Waals surface area contributed by atoms with Crippen LogP contribution >= 0.6 is 11.3 Å². The molecule has 0 bridgehead atoms. The first kappa shape index (κ1) is 19.5. The minimum atomic E-state index is -0.793. The fourth-order valence-electron chi connectivity index (χ4n) is 3.20. The van der Waals surface area contributed by atoms with Crippen LogP contribution in [0.3, 0.4) is 0 Å². The van der Waals surface area contributed by atoms with Crippen LogP contribution in [0, 0.1) is 11.6 Å². The highest BCUT2D eigenvalue weighted by atomic mass is 32.1. The van der Waals surface area contributed by atoms with Gasteiger partial charge in [-0.1, -0.05) is 18.9 Å². The van der Waals surface area contributed by atoms with Gasteiger partial charge in [0.15, 0.2) is 0 Å². The highest BCUT2D eigenvalue weighted by Crippen LogP contribution is 2.24. The summed E-state index contributed by atoms with van der Waals surface area (Å²) in [6.45, 7) is 0.616. The lowest BCUT2D eigenvalue weighted by Crippen LogP contribution is -2.43. The average Bonchev–Trinajstić information content (AvgIpc) is 3.13. The largest absolute Gasteiger partial charge is 0.333 e. The summed E-state index contributed by atoms with van der Waals surface area (Å²) in [6.07, 6.45) is 4.18. The van der Waals surface area contributed by atoms with Crippen molar-refractivity contribution in [2.75, 3.05) is 18.0 Å². The van der Waals surface area contributed by atoms with Gasteiger partial charge in [0, 0.05) is 23.9 Å². The zero-order valence-electron chi connectivity index (χ0n) is 15.0. The van der Waals surface area contributed by atoms with Crippen molar-refractivity contribution in [1.29, 1.82) is 0 Å². The van der Waals surface area contributed by atoms with Gasteiger partial charge in [0.25, 0.3) is 0 Å². The maximum atomic E-state index is 14.4. The van der Waals surface area contributed by atoms with E-state index in [9.17, 15) is 18.4 Å². The van der Waals surface area contributed by atoms with E-state index in [1.165, 1.54) is 22.3 Å². The Morgan fingerprint density at radius 3 is 2.70 bits per heavy atom. The molecule has 0 saturated carbocycles. The molecule has 1 aliphatic rings. The Hall–Kier alpha value is -2.28. The van der Waals surface area contributed by atoms with Gasteiger partial charge in [0.2, 0.25) is 11.8 Å². The zero-order valence-corrected chi connectivity index (χ0v) is 15.8. The fourth-order valence-corrected chi connectivity index (χ4v) is 3.89. The van der Waals surface area contributed by atoms with Gasteiger partial charge < -0.3 is 9.80 Å². The fraction of sp³-hybridized carbons (Fsp3) is 0.400. The first-order chi connectivity index (χ1) is 13.0. The summed E-state index contributed by atoms with van der Waals surface area (Å²) in [6, 6.07) is 6.88. The van der Waals surface area contributed by atoms with E-state index in [1.54, 1.807) is 4.90 Å². The van der Waals surface area contributed by atoms with Crippen LogP contribution in [0.25, 0.3) is 0 Å². The van der Waals surface area contributed by atoms with Crippen LogP contribution in [-0.4, -0.2) is 29.8 Å². The molecule has 0 N–H and O–H groups in total. The molecule has 3 rings (SSSR count). The standard InChI is InChI=1S/C20H22F2N2O2S/c21-15-8-9-18(17(22)12-15)24(13-16-6-5-11-27-16)20(26)14-23-10-4-2-1-3-7-19(23)25/h5-6,8-9,11-12H,1-4,7,10,13-14H2. The summed E-state index contributed by atoms with van der Waals surface area (Å²) >= 11 is 1.45. The Kier molecular flexibility index (Phi) is 6.55. The van der Waals surface area contributed by atoms with E-state index in [1.807, 2.05) is 17.5 Å². The number of rotatable bonds is 5. The van der Waals surface area contributed by atoms with Crippen molar-refractivity contribution in [1.82, 2.24) is 4.90 Å². The topological polar surface area (TPSA) is 40.6 Å². The van der Waals surface area contributed by atoms with Gasteiger partial charge in [0.05, 0.1) is 12.2 Å². The highest BCUT2D eigenvalue weighted by molar-refractivity contribution is 7.09. The predicted octanol–water partition coefficient (Wildman–Crippen LogP) is 4.35. The van der Waals surface area contributed by atoms with E-state index in [0.29, 0.717) is 13.0 Å². The lowest BCUT2D eigenvalue weighted by molar-refractivity contribution is -0.135. The normalized spacial score (nSPS) is 15.3. The van der Waals surface area contributed by atoms with Gasteiger partial charge in [-0.3, -0.25) is 9.59 Å². The summed E-state index contributed by atoms with van der Waals surface area (Å²) in [7, 11) is 0. The number of carbonyl (C=O) groups excluding carboxylic acids is 2. The second-order valence-corrected chi connectivity index (χ2v) is 7.67. The minimum Gasteiger partial charge on any atom is -0.333 e. The third kappa shape index (κ3) is 5.13. The maximum Gasteiger partial charge on any atom is 0.247 e. The van der Waals surface area contributed by atoms with Gasteiger partial charge >= 0.3 is 0 Å². The predicted molar refractivity (Wildman–Crippen MR) is 102 cm³/mol. The monoisotopic (exact) mass is 392 g/mol. The molecular formula is C20H22F2N2O2S. The summed E-state index contributed by atoms with van der Waals surface area (Å²) in [5.41, 5.74) is 0.0225. The average molecular weight is 392 g/mol. The summed E-state index contributed by atoms with van der Waals surface area (Å²) in [5.74, 6) is -1.90.